The molecule has 0 saturated heterocycles. The summed E-state index contributed by atoms with van der Waals surface area (Å²) in [6.07, 6.45) is 3.59. The Bertz CT molecular complexity index is 1360. The standard InChI is InChI=1S/C28H32N2O9S/c31-25(24(16-20-6-2-1-3-7-20)29-28(32)38-22-12-13-35-19-22)18-30(39-21-8-4-5-9-21)40(33,34)23-10-11-26-27(17-23)37-15-14-36-26/h1-3,6-7,10-13,17,19,21,24-25,31H,4-5,8-9,14-16,18H2,(H,29,32)/t24-,25+/m0/s1. The van der Waals surface area contributed by atoms with Gasteiger partial charge in [0.1, 0.15) is 19.5 Å². The molecule has 0 radical (unpaired) electrons. The Hall–Kier alpha value is -3.58. The van der Waals surface area contributed by atoms with Gasteiger partial charge in [0.05, 0.1) is 36.0 Å². The molecule has 1 amide bonds. The molecule has 5 rings (SSSR count). The van der Waals surface area contributed by atoms with Gasteiger partial charge in [-0.1, -0.05) is 47.6 Å². The van der Waals surface area contributed by atoms with Crippen molar-refractivity contribution in [2.24, 2.45) is 0 Å². The summed E-state index contributed by atoms with van der Waals surface area (Å²) in [6.45, 7) is 0.247. The predicted molar refractivity (Wildman–Crippen MR) is 142 cm³/mol. The van der Waals surface area contributed by atoms with Crippen molar-refractivity contribution in [1.82, 2.24) is 9.79 Å². The first-order valence-corrected chi connectivity index (χ1v) is 14.6. The number of hydroxylamine groups is 1. The van der Waals surface area contributed by atoms with Crippen molar-refractivity contribution in [3.63, 3.8) is 0 Å². The van der Waals surface area contributed by atoms with Gasteiger partial charge in [-0.15, -0.1) is 0 Å². The second kappa shape index (κ2) is 12.7. The molecule has 0 unspecified atom stereocenters. The Kier molecular flexibility index (Phi) is 8.90. The quantitative estimate of drug-likeness (QED) is 0.330. The molecule has 214 valence electrons. The third-order valence-electron chi connectivity index (χ3n) is 6.76. The van der Waals surface area contributed by atoms with Crippen LogP contribution in [0.5, 0.6) is 17.2 Å². The van der Waals surface area contributed by atoms with E-state index in [2.05, 4.69) is 5.32 Å². The monoisotopic (exact) mass is 572 g/mol. The third kappa shape index (κ3) is 6.94. The molecule has 2 heterocycles. The van der Waals surface area contributed by atoms with Crippen LogP contribution in [0.4, 0.5) is 4.79 Å². The number of carbonyl (C=O) groups is 1. The number of ether oxygens (including phenoxy) is 3. The molecule has 1 fully saturated rings. The molecule has 3 aromatic rings. The van der Waals surface area contributed by atoms with Crippen LogP contribution < -0.4 is 19.5 Å². The van der Waals surface area contributed by atoms with E-state index >= 15 is 0 Å². The Morgan fingerprint density at radius 3 is 2.52 bits per heavy atom. The summed E-state index contributed by atoms with van der Waals surface area (Å²) >= 11 is 0. The molecule has 2 N–H and O–H groups in total. The lowest BCUT2D eigenvalue weighted by molar-refractivity contribution is -0.145. The summed E-state index contributed by atoms with van der Waals surface area (Å²) in [5.74, 6) is 0.967. The number of hydrogen-bond donors (Lipinski definition) is 2. The number of fused-ring (bicyclic) bond motifs is 1. The fraction of sp³-hybridized carbons (Fsp3) is 0.393. The Balaban J connectivity index is 1.38. The van der Waals surface area contributed by atoms with Crippen LogP contribution in [0.3, 0.4) is 0 Å². The maximum Gasteiger partial charge on any atom is 0.413 e. The van der Waals surface area contributed by atoms with Gasteiger partial charge < -0.3 is 29.1 Å². The second-order valence-electron chi connectivity index (χ2n) is 9.66. The normalized spacial score (nSPS) is 16.9. The van der Waals surface area contributed by atoms with Gasteiger partial charge in [0.2, 0.25) is 0 Å². The summed E-state index contributed by atoms with van der Waals surface area (Å²) < 4.78 is 49.8. The van der Waals surface area contributed by atoms with Crippen LogP contribution in [0, 0.1) is 0 Å². The number of aliphatic hydroxyl groups is 1. The number of carbonyl (C=O) groups excluding carboxylic acids is 1. The van der Waals surface area contributed by atoms with Crippen molar-refractivity contribution in [2.45, 2.75) is 55.2 Å². The highest BCUT2D eigenvalue weighted by atomic mass is 32.2. The van der Waals surface area contributed by atoms with E-state index in [0.717, 1.165) is 22.9 Å². The van der Waals surface area contributed by atoms with Crippen molar-refractivity contribution in [2.75, 3.05) is 19.8 Å². The Labute approximate surface area is 232 Å². The molecule has 11 nitrogen and oxygen atoms in total. The summed E-state index contributed by atoms with van der Waals surface area (Å²) in [4.78, 5) is 18.6. The number of hydrogen-bond acceptors (Lipinski definition) is 9. The lowest BCUT2D eigenvalue weighted by atomic mass is 10.0. The largest absolute Gasteiger partial charge is 0.486 e. The number of sulfonamides is 1. The van der Waals surface area contributed by atoms with Crippen LogP contribution in [-0.2, 0) is 21.3 Å². The molecule has 2 aromatic carbocycles. The van der Waals surface area contributed by atoms with Gasteiger partial charge in [-0.2, -0.15) is 0 Å². The number of nitrogens with one attached hydrogen (secondary N) is 1. The number of benzene rings is 2. The van der Waals surface area contributed by atoms with Crippen molar-refractivity contribution >= 4 is 16.1 Å². The number of aliphatic hydroxyl groups excluding tert-OH is 1. The Morgan fingerprint density at radius 1 is 1.05 bits per heavy atom. The highest BCUT2D eigenvalue weighted by Gasteiger charge is 2.35. The molecule has 1 aromatic heterocycles. The minimum atomic E-state index is -4.23. The first kappa shape index (κ1) is 28.0. The van der Waals surface area contributed by atoms with Gasteiger partial charge in [0.25, 0.3) is 10.0 Å². The molecule has 12 heteroatoms. The first-order valence-electron chi connectivity index (χ1n) is 13.2. The summed E-state index contributed by atoms with van der Waals surface area (Å²) in [6, 6.07) is 14.1. The molecular formula is C28H32N2O9S. The van der Waals surface area contributed by atoms with Crippen molar-refractivity contribution in [1.29, 1.82) is 0 Å². The molecule has 1 aliphatic carbocycles. The minimum absolute atomic E-state index is 0.0612. The number of furan rings is 1. The molecule has 0 bridgehead atoms. The summed E-state index contributed by atoms with van der Waals surface area (Å²) in [7, 11) is -4.23. The zero-order valence-electron chi connectivity index (χ0n) is 21.8. The molecule has 0 spiro atoms. The van der Waals surface area contributed by atoms with Gasteiger partial charge in [0.15, 0.2) is 17.2 Å². The lowest BCUT2D eigenvalue weighted by Crippen LogP contribution is -2.51. The van der Waals surface area contributed by atoms with Crippen LogP contribution in [0.15, 0.2) is 76.4 Å². The van der Waals surface area contributed by atoms with Crippen LogP contribution in [0.1, 0.15) is 31.2 Å². The van der Waals surface area contributed by atoms with E-state index < -0.39 is 34.8 Å². The summed E-state index contributed by atoms with van der Waals surface area (Å²) in [5.41, 5.74) is 0.827. The highest BCUT2D eigenvalue weighted by molar-refractivity contribution is 7.89. The van der Waals surface area contributed by atoms with Crippen LogP contribution >= 0.6 is 0 Å². The average molecular weight is 573 g/mol. The maximum absolute atomic E-state index is 13.8. The van der Waals surface area contributed by atoms with Gasteiger partial charge in [-0.05, 0) is 37.0 Å². The van der Waals surface area contributed by atoms with E-state index in [0.29, 0.717) is 37.6 Å². The summed E-state index contributed by atoms with van der Waals surface area (Å²) in [5, 5.41) is 14.0. The van der Waals surface area contributed by atoms with Crippen LogP contribution in [-0.4, -0.2) is 62.1 Å². The topological polar surface area (TPSA) is 137 Å². The van der Waals surface area contributed by atoms with Crippen molar-refractivity contribution in [3.05, 3.63) is 72.7 Å². The van der Waals surface area contributed by atoms with Crippen LogP contribution in [0.2, 0.25) is 0 Å². The van der Waals surface area contributed by atoms with Crippen LogP contribution in [0.25, 0.3) is 0 Å². The smallest absolute Gasteiger partial charge is 0.413 e. The van der Waals surface area contributed by atoms with E-state index in [1.807, 2.05) is 30.3 Å². The number of amides is 1. The molecular weight excluding hydrogens is 540 g/mol. The minimum Gasteiger partial charge on any atom is -0.486 e. The molecule has 1 aliphatic heterocycles. The fourth-order valence-corrected chi connectivity index (χ4v) is 6.00. The number of nitrogens with zero attached hydrogens (tertiary/aromatic N) is 1. The SMILES string of the molecule is O=C(N[C@@H](Cc1ccccc1)[C@H](O)CN(OC1CCCC1)S(=O)(=O)c1ccc2c(c1)OCCO2)Oc1ccoc1. The zero-order chi connectivity index (χ0) is 28.0. The maximum atomic E-state index is 13.8. The van der Waals surface area contributed by atoms with E-state index in [1.54, 1.807) is 0 Å². The zero-order valence-corrected chi connectivity index (χ0v) is 22.6. The van der Waals surface area contributed by atoms with E-state index in [-0.39, 0.29) is 23.2 Å². The third-order valence-corrected chi connectivity index (χ3v) is 8.38. The highest BCUT2D eigenvalue weighted by Crippen LogP contribution is 2.34. The molecule has 2 aliphatic rings. The fourth-order valence-electron chi connectivity index (χ4n) is 4.69. The average Bonchev–Trinajstić information content (AvgIpc) is 3.67. The Morgan fingerprint density at radius 2 is 1.80 bits per heavy atom. The van der Waals surface area contributed by atoms with Gasteiger partial charge in [0, 0.05) is 12.1 Å². The first-order chi connectivity index (χ1) is 19.4. The lowest BCUT2D eigenvalue weighted by Gasteiger charge is -2.30. The van der Waals surface area contributed by atoms with E-state index in [4.69, 9.17) is 23.5 Å². The predicted octanol–water partition coefficient (Wildman–Crippen LogP) is 3.68. The van der Waals surface area contributed by atoms with E-state index in [1.165, 1.54) is 36.8 Å². The van der Waals surface area contributed by atoms with Gasteiger partial charge in [-0.3, -0.25) is 4.84 Å². The number of rotatable bonds is 11. The molecule has 40 heavy (non-hydrogen) atoms. The second-order valence-corrected chi connectivity index (χ2v) is 11.5. The van der Waals surface area contributed by atoms with Crippen molar-refractivity contribution in [3.8, 4) is 17.2 Å². The molecule has 1 saturated carbocycles. The van der Waals surface area contributed by atoms with Crippen molar-refractivity contribution < 1.29 is 41.8 Å². The molecule has 2 atom stereocenters. The van der Waals surface area contributed by atoms with E-state index in [9.17, 15) is 18.3 Å². The van der Waals surface area contributed by atoms with Gasteiger partial charge >= 0.3 is 6.09 Å². The van der Waals surface area contributed by atoms with Gasteiger partial charge in [-0.25, -0.2) is 13.2 Å².